The molecule has 0 atom stereocenters. The number of para-hydroxylation sites is 1. The number of hydrogen-bond acceptors (Lipinski definition) is 3. The minimum Gasteiger partial charge on any atom is -0.342 e. The Labute approximate surface area is 206 Å². The molecule has 0 radical (unpaired) electrons. The molecule has 1 amide bonds. The van der Waals surface area contributed by atoms with Gasteiger partial charge in [-0.15, -0.1) is 0 Å². The van der Waals surface area contributed by atoms with Crippen LogP contribution in [0.4, 0.5) is 0 Å². The van der Waals surface area contributed by atoms with Crippen LogP contribution in [-0.2, 0) is 4.79 Å². The maximum Gasteiger partial charge on any atom is 0.233 e. The van der Waals surface area contributed by atoms with Crippen LogP contribution in [-0.4, -0.2) is 39.2 Å². The first kappa shape index (κ1) is 23.8. The Kier molecular flexibility index (Phi) is 8.21. The van der Waals surface area contributed by atoms with Crippen LogP contribution in [0.2, 0.25) is 0 Å². The number of thioether (sulfide) groups is 1. The largest absolute Gasteiger partial charge is 0.342 e. The first-order valence-corrected chi connectivity index (χ1v) is 12.9. The molecule has 174 valence electrons. The maximum atomic E-state index is 13.0. The van der Waals surface area contributed by atoms with Crippen LogP contribution in [0.1, 0.15) is 26.7 Å². The molecular formula is C29H31N3OS. The molecule has 1 aromatic heterocycles. The van der Waals surface area contributed by atoms with Gasteiger partial charge in [-0.1, -0.05) is 104 Å². The molecule has 3 aromatic carbocycles. The summed E-state index contributed by atoms with van der Waals surface area (Å²) >= 11 is 1.52. The summed E-state index contributed by atoms with van der Waals surface area (Å²) in [6.45, 7) is 5.82. The topological polar surface area (TPSA) is 38.1 Å². The summed E-state index contributed by atoms with van der Waals surface area (Å²) in [6, 6.07) is 30.9. The van der Waals surface area contributed by atoms with E-state index >= 15 is 0 Å². The van der Waals surface area contributed by atoms with Crippen molar-refractivity contribution in [3.8, 4) is 28.2 Å². The highest BCUT2D eigenvalue weighted by Gasteiger charge is 2.23. The van der Waals surface area contributed by atoms with Crippen molar-refractivity contribution in [3.63, 3.8) is 0 Å². The number of rotatable bonds is 10. The van der Waals surface area contributed by atoms with E-state index in [0.29, 0.717) is 5.75 Å². The molecule has 0 spiro atoms. The van der Waals surface area contributed by atoms with E-state index in [1.807, 2.05) is 47.4 Å². The third kappa shape index (κ3) is 5.42. The molecule has 0 aliphatic heterocycles. The molecule has 0 bridgehead atoms. The van der Waals surface area contributed by atoms with E-state index < -0.39 is 0 Å². The SMILES string of the molecule is CCCN(CCC)C(=O)CSc1nc(-c2ccccc2)c(-c2ccccc2)n1-c1ccccc1. The minimum atomic E-state index is 0.166. The molecule has 0 saturated heterocycles. The quantitative estimate of drug-likeness (QED) is 0.236. The zero-order chi connectivity index (χ0) is 23.8. The zero-order valence-corrected chi connectivity index (χ0v) is 20.7. The second-order valence-electron chi connectivity index (χ2n) is 8.16. The lowest BCUT2D eigenvalue weighted by molar-refractivity contribution is -0.128. The van der Waals surface area contributed by atoms with Crippen molar-refractivity contribution in [1.29, 1.82) is 0 Å². The molecule has 0 aliphatic rings. The summed E-state index contributed by atoms with van der Waals surface area (Å²) in [5.74, 6) is 0.533. The molecule has 0 N–H and O–H groups in total. The molecule has 0 fully saturated rings. The molecule has 4 rings (SSSR count). The normalized spacial score (nSPS) is 10.9. The van der Waals surface area contributed by atoms with E-state index in [-0.39, 0.29) is 5.91 Å². The summed E-state index contributed by atoms with van der Waals surface area (Å²) in [5, 5.41) is 0.824. The standard InChI is InChI=1S/C29H31N3OS/c1-3-20-31(21-4-2)26(33)22-34-29-30-27(23-14-8-5-9-15-23)28(24-16-10-6-11-17-24)32(29)25-18-12-7-13-19-25/h5-19H,3-4,20-22H2,1-2H3. The fourth-order valence-electron chi connectivity index (χ4n) is 4.09. The predicted molar refractivity (Wildman–Crippen MR) is 142 cm³/mol. The molecular weight excluding hydrogens is 438 g/mol. The molecule has 34 heavy (non-hydrogen) atoms. The van der Waals surface area contributed by atoms with Crippen molar-refractivity contribution in [2.24, 2.45) is 0 Å². The number of imidazole rings is 1. The number of benzene rings is 3. The number of amides is 1. The summed E-state index contributed by atoms with van der Waals surface area (Å²) in [7, 11) is 0. The molecule has 0 unspecified atom stereocenters. The predicted octanol–water partition coefficient (Wildman–Crippen LogP) is 6.95. The number of hydrogen-bond donors (Lipinski definition) is 0. The summed E-state index contributed by atoms with van der Waals surface area (Å²) in [5.41, 5.74) is 5.14. The fraction of sp³-hybridized carbons (Fsp3) is 0.241. The van der Waals surface area contributed by atoms with Gasteiger partial charge >= 0.3 is 0 Å². The molecule has 0 saturated carbocycles. The Morgan fingerprint density at radius 2 is 1.32 bits per heavy atom. The number of carbonyl (C=O) groups excluding carboxylic acids is 1. The van der Waals surface area contributed by atoms with Gasteiger partial charge in [-0.2, -0.15) is 0 Å². The highest BCUT2D eigenvalue weighted by molar-refractivity contribution is 7.99. The van der Waals surface area contributed by atoms with Crippen LogP contribution in [0, 0.1) is 0 Å². The summed E-state index contributed by atoms with van der Waals surface area (Å²) in [4.78, 5) is 20.1. The molecule has 0 aliphatic carbocycles. The van der Waals surface area contributed by atoms with E-state index in [0.717, 1.165) is 59.3 Å². The van der Waals surface area contributed by atoms with Gasteiger partial charge in [0.15, 0.2) is 5.16 Å². The lowest BCUT2D eigenvalue weighted by Crippen LogP contribution is -2.33. The van der Waals surface area contributed by atoms with Gasteiger partial charge in [0.2, 0.25) is 5.91 Å². The van der Waals surface area contributed by atoms with Crippen LogP contribution in [0.5, 0.6) is 0 Å². The number of nitrogens with zero attached hydrogens (tertiary/aromatic N) is 3. The monoisotopic (exact) mass is 469 g/mol. The van der Waals surface area contributed by atoms with Crippen LogP contribution in [0.15, 0.2) is 96.2 Å². The first-order chi connectivity index (χ1) is 16.7. The maximum absolute atomic E-state index is 13.0. The fourth-order valence-corrected chi connectivity index (χ4v) is 5.01. The third-order valence-electron chi connectivity index (χ3n) is 5.62. The Bertz CT molecular complexity index is 1180. The van der Waals surface area contributed by atoms with Crippen molar-refractivity contribution < 1.29 is 4.79 Å². The average molecular weight is 470 g/mol. The Balaban J connectivity index is 1.81. The summed E-state index contributed by atoms with van der Waals surface area (Å²) < 4.78 is 2.19. The third-order valence-corrected chi connectivity index (χ3v) is 6.54. The van der Waals surface area contributed by atoms with Crippen LogP contribution >= 0.6 is 11.8 Å². The highest BCUT2D eigenvalue weighted by Crippen LogP contribution is 2.38. The number of aromatic nitrogens is 2. The van der Waals surface area contributed by atoms with Crippen molar-refractivity contribution in [1.82, 2.24) is 14.5 Å². The lowest BCUT2D eigenvalue weighted by Gasteiger charge is -2.21. The van der Waals surface area contributed by atoms with E-state index in [2.05, 4.69) is 66.9 Å². The minimum absolute atomic E-state index is 0.166. The first-order valence-electron chi connectivity index (χ1n) is 11.9. The smallest absolute Gasteiger partial charge is 0.233 e. The average Bonchev–Trinajstić information content (AvgIpc) is 3.28. The van der Waals surface area contributed by atoms with Crippen LogP contribution in [0.25, 0.3) is 28.2 Å². The van der Waals surface area contributed by atoms with Crippen molar-refractivity contribution in [3.05, 3.63) is 91.0 Å². The molecule has 4 aromatic rings. The van der Waals surface area contributed by atoms with Gasteiger partial charge in [0.1, 0.15) is 0 Å². The molecule has 5 heteroatoms. The van der Waals surface area contributed by atoms with Gasteiger partial charge in [-0.3, -0.25) is 9.36 Å². The van der Waals surface area contributed by atoms with Crippen molar-refractivity contribution >= 4 is 17.7 Å². The van der Waals surface area contributed by atoms with Crippen LogP contribution < -0.4 is 0 Å². The van der Waals surface area contributed by atoms with Crippen LogP contribution in [0.3, 0.4) is 0 Å². The summed E-state index contributed by atoms with van der Waals surface area (Å²) in [6.07, 6.45) is 1.93. The van der Waals surface area contributed by atoms with Gasteiger partial charge in [-0.05, 0) is 25.0 Å². The second-order valence-corrected chi connectivity index (χ2v) is 9.11. The van der Waals surface area contributed by atoms with Gasteiger partial charge in [0.05, 0.1) is 17.1 Å². The highest BCUT2D eigenvalue weighted by atomic mass is 32.2. The molecule has 4 nitrogen and oxygen atoms in total. The second kappa shape index (κ2) is 11.7. The van der Waals surface area contributed by atoms with Gasteiger partial charge in [0.25, 0.3) is 0 Å². The van der Waals surface area contributed by atoms with E-state index in [4.69, 9.17) is 4.98 Å². The van der Waals surface area contributed by atoms with Gasteiger partial charge < -0.3 is 4.90 Å². The van der Waals surface area contributed by atoms with Crippen molar-refractivity contribution in [2.75, 3.05) is 18.8 Å². The Morgan fingerprint density at radius 1 is 0.794 bits per heavy atom. The van der Waals surface area contributed by atoms with Gasteiger partial charge in [0, 0.05) is 29.9 Å². The number of carbonyl (C=O) groups is 1. The lowest BCUT2D eigenvalue weighted by atomic mass is 10.0. The Morgan fingerprint density at radius 3 is 1.88 bits per heavy atom. The van der Waals surface area contributed by atoms with E-state index in [1.54, 1.807) is 0 Å². The Hall–Kier alpha value is -3.31. The zero-order valence-electron chi connectivity index (χ0n) is 19.9. The van der Waals surface area contributed by atoms with E-state index in [1.165, 1.54) is 11.8 Å². The van der Waals surface area contributed by atoms with Gasteiger partial charge in [-0.25, -0.2) is 4.98 Å². The van der Waals surface area contributed by atoms with Crippen molar-refractivity contribution in [2.45, 2.75) is 31.8 Å². The molecule has 1 heterocycles. The van der Waals surface area contributed by atoms with E-state index in [9.17, 15) is 4.79 Å².